The van der Waals surface area contributed by atoms with E-state index < -0.39 is 38.4 Å². The molecular formula is C110H86Cl2O4Si2Zr-4. The first-order valence-corrected chi connectivity index (χ1v) is 51.0. The molecule has 0 heterocycles. The van der Waals surface area contributed by atoms with E-state index in [0.717, 1.165) is 67.5 Å². The number of benzene rings is 12. The Morgan fingerprint density at radius 2 is 0.479 bits per heavy atom. The number of para-hydroxylation sites is 4. The first kappa shape index (κ1) is 78.3. The number of hydrogen-bond acceptors (Lipinski definition) is 4. The number of allylic oxidation sites excluding steroid dienone is 12. The van der Waals surface area contributed by atoms with Crippen molar-refractivity contribution in [3.63, 3.8) is 0 Å². The zero-order valence-corrected chi connectivity index (χ0v) is 73.1. The van der Waals surface area contributed by atoms with Crippen molar-refractivity contribution in [1.29, 1.82) is 0 Å². The van der Waals surface area contributed by atoms with Gasteiger partial charge in [-0.2, -0.15) is 68.8 Å². The summed E-state index contributed by atoms with van der Waals surface area (Å²) in [6.45, 7) is 14.3. The molecule has 0 amide bonds. The van der Waals surface area contributed by atoms with Gasteiger partial charge in [0.1, 0.15) is 46.0 Å². The molecule has 2 radical (unpaired) electrons. The van der Waals surface area contributed by atoms with Crippen LogP contribution in [0.5, 0.6) is 46.0 Å². The fraction of sp³-hybridized carbons (Fsp3) is 0.0909. The molecule has 580 valence electrons. The Bertz CT molecular complexity index is 5920. The Labute approximate surface area is 720 Å². The molecule has 0 aromatic heterocycles. The van der Waals surface area contributed by atoms with Crippen LogP contribution >= 0.6 is 17.0 Å². The van der Waals surface area contributed by atoms with E-state index in [1.165, 1.54) is 131 Å². The van der Waals surface area contributed by atoms with Crippen LogP contribution < -0.4 is 39.7 Å². The van der Waals surface area contributed by atoms with Crippen molar-refractivity contribution in [3.05, 3.63) is 453 Å². The second kappa shape index (κ2) is 35.0. The Kier molecular flexibility index (Phi) is 23.0. The van der Waals surface area contributed by atoms with Crippen molar-refractivity contribution in [1.82, 2.24) is 0 Å². The SMILES string of the molecule is Cc1cc2c([c-]1[Si](C)[c-]1c(C)cc3c1C=CC=CC3c1ccc3c(Oc4ccccc4)cccc3c1)C=CC=CC2c1ccc2c(Oc3ccccc3)cccc2c1.Cc1cc2c([c-]1[Si](C)[c-]1c(C)cc3c1C=CC=CC3c1ccc3c(Oc4ccccc4)cccc3c1)C=CC=CC2c1ccc2c(Oc3ccccc3)cccc2c1.[Cl][Zr][Cl]. The number of fused-ring (bicyclic) bond motifs is 8. The van der Waals surface area contributed by atoms with E-state index >= 15 is 0 Å². The summed E-state index contributed by atoms with van der Waals surface area (Å²) in [5.41, 5.74) is 21.8. The van der Waals surface area contributed by atoms with Crippen molar-refractivity contribution in [2.75, 3.05) is 0 Å². The van der Waals surface area contributed by atoms with Crippen LogP contribution in [0.2, 0.25) is 13.1 Å². The molecule has 4 aliphatic carbocycles. The fourth-order valence-electron chi connectivity index (χ4n) is 18.5. The van der Waals surface area contributed by atoms with E-state index in [1.807, 2.05) is 121 Å². The van der Waals surface area contributed by atoms with Gasteiger partial charge < -0.3 is 18.9 Å². The Balaban J connectivity index is 0.000000158. The van der Waals surface area contributed by atoms with E-state index in [0.29, 0.717) is 0 Å². The number of halogens is 2. The Morgan fingerprint density at radius 1 is 0.261 bits per heavy atom. The van der Waals surface area contributed by atoms with E-state index in [-0.39, 0.29) is 23.7 Å². The van der Waals surface area contributed by atoms with E-state index in [2.05, 4.69) is 308 Å². The average Bonchev–Trinajstić information content (AvgIpc) is 1.42. The van der Waals surface area contributed by atoms with Crippen LogP contribution in [0.1, 0.15) is 113 Å². The fourth-order valence-corrected chi connectivity index (χ4v) is 24.2. The third-order valence-electron chi connectivity index (χ3n) is 23.7. The summed E-state index contributed by atoms with van der Waals surface area (Å²) in [6.07, 6.45) is 36.7. The van der Waals surface area contributed by atoms with Gasteiger partial charge in [0.2, 0.25) is 0 Å². The number of hydrogen-bond donors (Lipinski definition) is 0. The van der Waals surface area contributed by atoms with Crippen molar-refractivity contribution in [2.45, 2.75) is 64.5 Å². The summed E-state index contributed by atoms with van der Waals surface area (Å²) in [5, 5.41) is 15.2. The molecule has 4 aliphatic rings. The maximum absolute atomic E-state index is 6.33. The minimum absolute atomic E-state index is 0.146. The molecule has 0 bridgehead atoms. The quantitative estimate of drug-likeness (QED) is 0.0714. The molecule has 9 heteroatoms. The Morgan fingerprint density at radius 3 is 0.697 bits per heavy atom. The van der Waals surface area contributed by atoms with E-state index in [4.69, 9.17) is 36.0 Å². The van der Waals surface area contributed by atoms with Crippen LogP contribution in [-0.2, 0) is 20.8 Å². The van der Waals surface area contributed by atoms with Crippen LogP contribution in [0.4, 0.5) is 0 Å². The van der Waals surface area contributed by atoms with Crippen molar-refractivity contribution >= 4 is 123 Å². The maximum atomic E-state index is 6.33. The van der Waals surface area contributed by atoms with Crippen LogP contribution in [0.25, 0.3) is 67.4 Å². The molecule has 16 aromatic carbocycles. The second-order valence-corrected chi connectivity index (χ2v) is 39.3. The zero-order valence-electron chi connectivity index (χ0n) is 67.1. The molecule has 119 heavy (non-hydrogen) atoms. The van der Waals surface area contributed by atoms with Gasteiger partial charge in [0.15, 0.2) is 0 Å². The molecule has 0 N–H and O–H groups in total. The molecule has 0 aliphatic heterocycles. The monoisotopic (exact) mass is 1690 g/mol. The standard InChI is InChI=1S/2C55H43O2Si.2ClH.Zr/c2*1-36-32-50-44(40-28-30-46-38(34-40)16-14-26-52(46)56-42-18-6-4-7-19-42)22-10-12-24-48(50)54(36)58(3)55-37(2)33-51-45(23-11-13-25-49(51)55)41-29-31-47-39(35-41)17-15-27-53(47)57-43-20-8-5-9-21-43;;;/h2*4-35,44-45H,1-3H3;2*1H;/q2*-2;;;+2/p-2. The molecule has 4 atom stereocenters. The normalized spacial score (nSPS) is 15.4. The molecule has 4 unspecified atom stereocenters. The molecule has 0 fully saturated rings. The molecule has 0 saturated heterocycles. The number of ether oxygens (including phenoxy) is 4. The number of rotatable bonds is 16. The predicted octanol–water partition coefficient (Wildman–Crippen LogP) is 28.0. The topological polar surface area (TPSA) is 36.9 Å². The van der Waals surface area contributed by atoms with Crippen LogP contribution in [0.15, 0.2) is 364 Å². The molecular weight excluding hydrogens is 1600 g/mol. The minimum atomic E-state index is -1.17. The number of aryl methyl sites for hydroxylation is 4. The van der Waals surface area contributed by atoms with Crippen LogP contribution in [-0.4, -0.2) is 17.6 Å². The third-order valence-corrected chi connectivity index (χ3v) is 29.4. The van der Waals surface area contributed by atoms with Crippen LogP contribution in [0, 0.1) is 27.7 Å². The summed E-state index contributed by atoms with van der Waals surface area (Å²) < 4.78 is 25.3. The first-order valence-electron chi connectivity index (χ1n) is 40.7. The van der Waals surface area contributed by atoms with Crippen LogP contribution in [0.3, 0.4) is 0 Å². The van der Waals surface area contributed by atoms with Gasteiger partial charge in [0.05, 0.1) is 0 Å². The Hall–Kier alpha value is -11.9. The van der Waals surface area contributed by atoms with Gasteiger partial charge in [-0.05, 0) is 140 Å². The van der Waals surface area contributed by atoms with Gasteiger partial charge in [-0.25, -0.2) is 0 Å². The molecule has 16 aromatic rings. The summed E-state index contributed by atoms with van der Waals surface area (Å²) >= 11 is -0.826. The first-order chi connectivity index (χ1) is 58.4. The molecule has 20 rings (SSSR count). The predicted molar refractivity (Wildman–Crippen MR) is 502 cm³/mol. The van der Waals surface area contributed by atoms with Gasteiger partial charge in [-0.15, -0.1) is 91.6 Å². The second-order valence-electron chi connectivity index (χ2n) is 31.1. The van der Waals surface area contributed by atoms with Gasteiger partial charge in [-0.1, -0.05) is 284 Å². The molecule has 0 saturated carbocycles. The molecule has 4 nitrogen and oxygen atoms in total. The summed E-state index contributed by atoms with van der Waals surface area (Å²) in [4.78, 5) is 0. The van der Waals surface area contributed by atoms with Crippen molar-refractivity contribution in [3.8, 4) is 46.0 Å². The summed E-state index contributed by atoms with van der Waals surface area (Å²) in [7, 11) is 7.53. The van der Waals surface area contributed by atoms with Gasteiger partial charge in [0.25, 0.3) is 0 Å². The average molecular weight is 1690 g/mol. The van der Waals surface area contributed by atoms with E-state index in [9.17, 15) is 0 Å². The zero-order chi connectivity index (χ0) is 81.0. The van der Waals surface area contributed by atoms with Gasteiger partial charge in [-0.3, -0.25) is 0 Å². The third kappa shape index (κ3) is 16.0. The van der Waals surface area contributed by atoms with Crippen molar-refractivity contribution in [2.24, 2.45) is 0 Å². The van der Waals surface area contributed by atoms with Gasteiger partial charge in [0, 0.05) is 39.1 Å². The summed E-state index contributed by atoms with van der Waals surface area (Å²) in [5.74, 6) is 7.45. The van der Waals surface area contributed by atoms with E-state index in [1.54, 1.807) is 0 Å². The molecule has 0 spiro atoms. The summed E-state index contributed by atoms with van der Waals surface area (Å²) in [6, 6.07) is 103. The van der Waals surface area contributed by atoms with Gasteiger partial charge >= 0.3 is 37.9 Å². The van der Waals surface area contributed by atoms with Crippen molar-refractivity contribution < 1.29 is 39.8 Å².